The molecular formula is C22H25F3N2O. The lowest BCUT2D eigenvalue weighted by Gasteiger charge is -2.42. The van der Waals surface area contributed by atoms with E-state index in [9.17, 15) is 18.0 Å². The summed E-state index contributed by atoms with van der Waals surface area (Å²) in [5.74, 6) is -0.331. The Morgan fingerprint density at radius 2 is 1.71 bits per heavy atom. The van der Waals surface area contributed by atoms with Crippen LogP contribution in [-0.4, -0.2) is 30.9 Å². The average Bonchev–Trinajstić information content (AvgIpc) is 2.61. The van der Waals surface area contributed by atoms with Crippen LogP contribution in [0.15, 0.2) is 42.5 Å². The summed E-state index contributed by atoms with van der Waals surface area (Å²) >= 11 is 0. The van der Waals surface area contributed by atoms with E-state index >= 15 is 0 Å². The highest BCUT2D eigenvalue weighted by molar-refractivity contribution is 5.97. The van der Waals surface area contributed by atoms with Gasteiger partial charge in [0.15, 0.2) is 0 Å². The number of amides is 1. The van der Waals surface area contributed by atoms with Crippen LogP contribution in [0.5, 0.6) is 0 Å². The number of halogens is 3. The normalized spacial score (nSPS) is 20.8. The van der Waals surface area contributed by atoms with Crippen LogP contribution in [-0.2, 0) is 11.7 Å². The number of aryl methyl sites for hydroxylation is 2. The van der Waals surface area contributed by atoms with E-state index in [1.165, 1.54) is 0 Å². The summed E-state index contributed by atoms with van der Waals surface area (Å²) in [6.45, 7) is 4.71. The van der Waals surface area contributed by atoms with Gasteiger partial charge in [0, 0.05) is 12.1 Å². The average molecular weight is 390 g/mol. The lowest BCUT2D eigenvalue weighted by molar-refractivity contribution is -0.137. The van der Waals surface area contributed by atoms with Gasteiger partial charge in [-0.15, -0.1) is 0 Å². The van der Waals surface area contributed by atoms with E-state index in [2.05, 4.69) is 10.2 Å². The Kier molecular flexibility index (Phi) is 5.53. The van der Waals surface area contributed by atoms with Crippen LogP contribution in [0.2, 0.25) is 0 Å². The largest absolute Gasteiger partial charge is 0.416 e. The van der Waals surface area contributed by atoms with Crippen molar-refractivity contribution >= 4 is 5.91 Å². The number of nitrogens with zero attached hydrogens (tertiary/aromatic N) is 1. The van der Waals surface area contributed by atoms with E-state index in [1.54, 1.807) is 13.8 Å². The van der Waals surface area contributed by atoms with E-state index in [1.807, 2.05) is 37.4 Å². The fourth-order valence-electron chi connectivity index (χ4n) is 4.20. The zero-order valence-corrected chi connectivity index (χ0v) is 16.4. The third-order valence-corrected chi connectivity index (χ3v) is 5.45. The number of hydrogen-bond donors (Lipinski definition) is 1. The number of alkyl halides is 3. The van der Waals surface area contributed by atoms with Gasteiger partial charge in [-0.3, -0.25) is 4.79 Å². The minimum atomic E-state index is -4.43. The number of nitrogens with one attached hydrogen (secondary N) is 1. The summed E-state index contributed by atoms with van der Waals surface area (Å²) in [6.07, 6.45) is -2.72. The molecule has 2 aromatic rings. The van der Waals surface area contributed by atoms with Crippen molar-refractivity contribution in [1.82, 2.24) is 10.2 Å². The number of carbonyl (C=O) groups excluding carboxylic acids is 1. The van der Waals surface area contributed by atoms with Crippen molar-refractivity contribution in [1.29, 1.82) is 0 Å². The molecule has 1 saturated heterocycles. The highest BCUT2D eigenvalue weighted by atomic mass is 19.4. The Labute approximate surface area is 163 Å². The van der Waals surface area contributed by atoms with Crippen molar-refractivity contribution in [2.75, 3.05) is 20.1 Å². The van der Waals surface area contributed by atoms with Gasteiger partial charge in [-0.2, -0.15) is 13.2 Å². The van der Waals surface area contributed by atoms with Gasteiger partial charge in [-0.05, 0) is 69.1 Å². The number of rotatable bonds is 3. The van der Waals surface area contributed by atoms with Crippen LogP contribution in [0.3, 0.4) is 0 Å². The zero-order chi connectivity index (χ0) is 20.5. The monoisotopic (exact) mass is 390 g/mol. The quantitative estimate of drug-likeness (QED) is 0.826. The minimum absolute atomic E-state index is 0.316. The standard InChI is InChI=1S/C22H25F3N2O/c1-15-12-18(22(23,24)25)13-16(2)19(15)20(28)26-21(10-7-11-27(3)14-21)17-8-5-4-6-9-17/h4-6,8-9,12-13H,7,10-11,14H2,1-3H3,(H,26,28). The SMILES string of the molecule is Cc1cc(C(F)(F)F)cc(C)c1C(=O)NC1(c2ccccc2)CCCN(C)C1. The Bertz CT molecular complexity index is 841. The predicted molar refractivity (Wildman–Crippen MR) is 103 cm³/mol. The molecule has 1 amide bonds. The first-order valence-corrected chi connectivity index (χ1v) is 9.37. The third kappa shape index (κ3) is 4.07. The van der Waals surface area contributed by atoms with E-state index in [-0.39, 0.29) is 5.91 Å². The molecule has 0 bridgehead atoms. The summed E-state index contributed by atoms with van der Waals surface area (Å²) in [5, 5.41) is 3.17. The van der Waals surface area contributed by atoms with Crippen LogP contribution in [0.25, 0.3) is 0 Å². The zero-order valence-electron chi connectivity index (χ0n) is 16.4. The number of likely N-dealkylation sites (tertiary alicyclic amines) is 1. The summed E-state index contributed by atoms with van der Waals surface area (Å²) in [6, 6.07) is 11.9. The summed E-state index contributed by atoms with van der Waals surface area (Å²) in [5.41, 5.74) is 0.699. The lowest BCUT2D eigenvalue weighted by Crippen LogP contribution is -2.55. The second-order valence-corrected chi connectivity index (χ2v) is 7.73. The topological polar surface area (TPSA) is 32.3 Å². The fraction of sp³-hybridized carbons (Fsp3) is 0.409. The molecule has 0 spiro atoms. The van der Waals surface area contributed by atoms with Crippen molar-refractivity contribution in [2.24, 2.45) is 0 Å². The molecule has 0 radical (unpaired) electrons. The van der Waals surface area contributed by atoms with Gasteiger partial charge < -0.3 is 10.2 Å². The van der Waals surface area contributed by atoms with Gasteiger partial charge in [0.1, 0.15) is 0 Å². The molecule has 6 heteroatoms. The molecule has 0 saturated carbocycles. The van der Waals surface area contributed by atoms with Crippen molar-refractivity contribution in [3.63, 3.8) is 0 Å². The number of benzene rings is 2. The third-order valence-electron chi connectivity index (χ3n) is 5.45. The molecule has 1 atom stereocenters. The molecule has 1 fully saturated rings. The molecule has 1 unspecified atom stereocenters. The van der Waals surface area contributed by atoms with Crippen LogP contribution in [0, 0.1) is 13.8 Å². The Morgan fingerprint density at radius 3 is 2.25 bits per heavy atom. The molecule has 28 heavy (non-hydrogen) atoms. The molecule has 1 heterocycles. The molecule has 3 nitrogen and oxygen atoms in total. The van der Waals surface area contributed by atoms with Crippen molar-refractivity contribution in [3.8, 4) is 0 Å². The Morgan fingerprint density at radius 1 is 1.11 bits per heavy atom. The van der Waals surface area contributed by atoms with Gasteiger partial charge in [-0.25, -0.2) is 0 Å². The number of piperidine rings is 1. The second-order valence-electron chi connectivity index (χ2n) is 7.73. The maximum Gasteiger partial charge on any atom is 0.416 e. The van der Waals surface area contributed by atoms with Crippen LogP contribution >= 0.6 is 0 Å². The molecule has 0 aliphatic carbocycles. The Balaban J connectivity index is 1.98. The number of hydrogen-bond acceptors (Lipinski definition) is 2. The van der Waals surface area contributed by atoms with Crippen LogP contribution < -0.4 is 5.32 Å². The van der Waals surface area contributed by atoms with Crippen LogP contribution in [0.4, 0.5) is 13.2 Å². The summed E-state index contributed by atoms with van der Waals surface area (Å²) in [4.78, 5) is 15.4. The first kappa shape index (κ1) is 20.4. The minimum Gasteiger partial charge on any atom is -0.341 e. The molecule has 2 aromatic carbocycles. The molecule has 1 N–H and O–H groups in total. The first-order chi connectivity index (χ1) is 13.1. The van der Waals surface area contributed by atoms with Crippen LogP contribution in [0.1, 0.15) is 45.5 Å². The fourth-order valence-corrected chi connectivity index (χ4v) is 4.20. The maximum absolute atomic E-state index is 13.2. The van der Waals surface area contributed by atoms with E-state index in [0.29, 0.717) is 23.2 Å². The van der Waals surface area contributed by atoms with Crippen molar-refractivity contribution in [2.45, 2.75) is 38.4 Å². The van der Waals surface area contributed by atoms with Crippen molar-refractivity contribution in [3.05, 3.63) is 70.3 Å². The Hall–Kier alpha value is -2.34. The van der Waals surface area contributed by atoms with E-state index in [0.717, 1.165) is 37.1 Å². The maximum atomic E-state index is 13.2. The number of likely N-dealkylation sites (N-methyl/N-ethyl adjacent to an activating group) is 1. The summed E-state index contributed by atoms with van der Waals surface area (Å²) in [7, 11) is 2.01. The lowest BCUT2D eigenvalue weighted by atomic mass is 9.81. The molecular weight excluding hydrogens is 365 g/mol. The van der Waals surface area contributed by atoms with E-state index in [4.69, 9.17) is 0 Å². The molecule has 0 aromatic heterocycles. The molecule has 1 aliphatic rings. The highest BCUT2D eigenvalue weighted by Gasteiger charge is 2.38. The van der Waals surface area contributed by atoms with Gasteiger partial charge in [0.25, 0.3) is 5.91 Å². The van der Waals surface area contributed by atoms with Gasteiger partial charge in [0.2, 0.25) is 0 Å². The first-order valence-electron chi connectivity index (χ1n) is 9.37. The smallest absolute Gasteiger partial charge is 0.341 e. The van der Waals surface area contributed by atoms with E-state index < -0.39 is 17.3 Å². The molecule has 3 rings (SSSR count). The van der Waals surface area contributed by atoms with Crippen molar-refractivity contribution < 1.29 is 18.0 Å². The summed E-state index contributed by atoms with van der Waals surface area (Å²) < 4.78 is 39.2. The molecule has 1 aliphatic heterocycles. The highest BCUT2D eigenvalue weighted by Crippen LogP contribution is 2.34. The number of carbonyl (C=O) groups is 1. The van der Waals surface area contributed by atoms with Gasteiger partial charge in [0.05, 0.1) is 11.1 Å². The van der Waals surface area contributed by atoms with Gasteiger partial charge in [-0.1, -0.05) is 30.3 Å². The second kappa shape index (κ2) is 7.59. The molecule has 150 valence electrons. The van der Waals surface area contributed by atoms with Gasteiger partial charge >= 0.3 is 6.18 Å². The predicted octanol–water partition coefficient (Wildman–Crippen LogP) is 4.67.